The molecular formula is C22H21FN4O3. The van der Waals surface area contributed by atoms with E-state index in [1.165, 1.54) is 18.2 Å². The molecule has 8 heteroatoms. The van der Waals surface area contributed by atoms with Crippen LogP contribution < -0.4 is 16.6 Å². The molecule has 0 spiro atoms. The Morgan fingerprint density at radius 3 is 2.57 bits per heavy atom. The summed E-state index contributed by atoms with van der Waals surface area (Å²) >= 11 is 0. The number of benzene rings is 2. The van der Waals surface area contributed by atoms with Crippen LogP contribution in [0.5, 0.6) is 0 Å². The average Bonchev–Trinajstić information content (AvgIpc) is 3.51. The number of aromatic nitrogens is 3. The molecule has 1 aliphatic rings. The molecule has 1 aromatic heterocycles. The number of aryl methyl sites for hydroxylation is 2. The van der Waals surface area contributed by atoms with Gasteiger partial charge in [0.25, 0.3) is 11.5 Å². The van der Waals surface area contributed by atoms with E-state index in [1.54, 1.807) is 18.2 Å². The zero-order valence-electron chi connectivity index (χ0n) is 16.7. The molecule has 30 heavy (non-hydrogen) atoms. The number of nitrogens with zero attached hydrogens (tertiary/aromatic N) is 3. The molecule has 0 unspecified atom stereocenters. The Bertz CT molecular complexity index is 1260. The number of hydrogen-bond acceptors (Lipinski definition) is 4. The molecule has 4 rings (SSSR count). The first-order valence-corrected chi connectivity index (χ1v) is 9.70. The Morgan fingerprint density at radius 1 is 1.13 bits per heavy atom. The molecule has 1 heterocycles. The summed E-state index contributed by atoms with van der Waals surface area (Å²) in [6.45, 7) is 3.66. The summed E-state index contributed by atoms with van der Waals surface area (Å²) in [6.07, 6.45) is 1.69. The van der Waals surface area contributed by atoms with E-state index in [0.29, 0.717) is 11.3 Å². The number of carbonyl (C=O) groups excluding carboxylic acids is 1. The minimum atomic E-state index is -0.803. The molecule has 7 nitrogen and oxygen atoms in total. The Balaban J connectivity index is 1.88. The van der Waals surface area contributed by atoms with Crippen LogP contribution in [0.2, 0.25) is 0 Å². The molecule has 1 fully saturated rings. The number of hydrogen-bond donors (Lipinski definition) is 1. The van der Waals surface area contributed by atoms with Crippen molar-refractivity contribution < 1.29 is 9.18 Å². The summed E-state index contributed by atoms with van der Waals surface area (Å²) in [5, 5.41) is 6.84. The summed E-state index contributed by atoms with van der Waals surface area (Å²) in [6, 6.07) is 11.0. The van der Waals surface area contributed by atoms with Crippen molar-refractivity contribution in [3.63, 3.8) is 0 Å². The molecule has 0 bridgehead atoms. The van der Waals surface area contributed by atoms with Gasteiger partial charge in [-0.1, -0.05) is 18.2 Å². The van der Waals surface area contributed by atoms with Crippen molar-refractivity contribution >= 4 is 5.91 Å². The Morgan fingerprint density at radius 2 is 1.90 bits per heavy atom. The van der Waals surface area contributed by atoms with Crippen LogP contribution in [0.3, 0.4) is 0 Å². The lowest BCUT2D eigenvalue weighted by Crippen LogP contribution is -2.46. The Kier molecular flexibility index (Phi) is 5.07. The summed E-state index contributed by atoms with van der Waals surface area (Å²) in [5.41, 5.74) is 0.978. The Hall–Kier alpha value is -3.55. The van der Waals surface area contributed by atoms with Gasteiger partial charge in [-0.3, -0.25) is 14.2 Å². The highest BCUT2D eigenvalue weighted by molar-refractivity contribution is 5.92. The van der Waals surface area contributed by atoms with Crippen LogP contribution >= 0.6 is 0 Å². The zero-order valence-corrected chi connectivity index (χ0v) is 16.7. The van der Waals surface area contributed by atoms with Gasteiger partial charge in [-0.2, -0.15) is 9.78 Å². The second kappa shape index (κ2) is 7.70. The maximum absolute atomic E-state index is 13.6. The molecule has 0 saturated heterocycles. The monoisotopic (exact) mass is 408 g/mol. The fourth-order valence-electron chi connectivity index (χ4n) is 3.12. The van der Waals surface area contributed by atoms with Crippen molar-refractivity contribution in [1.82, 2.24) is 19.7 Å². The van der Waals surface area contributed by atoms with Gasteiger partial charge in [-0.05, 0) is 67.6 Å². The van der Waals surface area contributed by atoms with Gasteiger partial charge < -0.3 is 5.32 Å². The van der Waals surface area contributed by atoms with E-state index in [4.69, 9.17) is 0 Å². The fraction of sp³-hybridized carbons (Fsp3) is 0.273. The van der Waals surface area contributed by atoms with Gasteiger partial charge >= 0.3 is 5.69 Å². The standard InChI is InChI=1S/C22H21FN4O3/c1-13-6-9-18(10-14(13)2)27-22(30)26(12-15-4-3-5-16(23)11-15)21(29)19(25-27)20(28)24-17-7-8-17/h3-6,9-11,17H,7-8,12H2,1-2H3,(H,24,28). The molecule has 0 radical (unpaired) electrons. The normalized spacial score (nSPS) is 13.3. The third-order valence-corrected chi connectivity index (χ3v) is 5.15. The number of carbonyl (C=O) groups is 1. The summed E-state index contributed by atoms with van der Waals surface area (Å²) < 4.78 is 15.6. The van der Waals surface area contributed by atoms with Crippen molar-refractivity contribution in [3.8, 4) is 5.69 Å². The minimum absolute atomic E-state index is 0.0253. The fourth-order valence-corrected chi connectivity index (χ4v) is 3.12. The van der Waals surface area contributed by atoms with E-state index in [2.05, 4.69) is 10.4 Å². The summed E-state index contributed by atoms with van der Waals surface area (Å²) in [4.78, 5) is 38.7. The Labute approximate surface area is 171 Å². The van der Waals surface area contributed by atoms with E-state index in [-0.39, 0.29) is 18.3 Å². The van der Waals surface area contributed by atoms with Crippen LogP contribution in [0.1, 0.15) is 40.0 Å². The van der Waals surface area contributed by atoms with Gasteiger partial charge in [0, 0.05) is 6.04 Å². The molecule has 3 aromatic rings. The maximum atomic E-state index is 13.6. The topological polar surface area (TPSA) is 86.0 Å². The number of rotatable bonds is 5. The van der Waals surface area contributed by atoms with Gasteiger partial charge in [0.15, 0.2) is 0 Å². The summed E-state index contributed by atoms with van der Waals surface area (Å²) in [7, 11) is 0. The highest BCUT2D eigenvalue weighted by atomic mass is 19.1. The van der Waals surface area contributed by atoms with Gasteiger partial charge in [0.05, 0.1) is 12.2 Å². The van der Waals surface area contributed by atoms with Crippen molar-refractivity contribution in [1.29, 1.82) is 0 Å². The SMILES string of the molecule is Cc1ccc(-n2nc(C(=O)NC3CC3)c(=O)n(Cc3cccc(F)c3)c2=O)cc1C. The number of amides is 1. The predicted molar refractivity (Wildman–Crippen MR) is 110 cm³/mol. The minimum Gasteiger partial charge on any atom is -0.348 e. The van der Waals surface area contributed by atoms with Gasteiger partial charge in [-0.25, -0.2) is 9.18 Å². The molecule has 154 valence electrons. The molecule has 1 N–H and O–H groups in total. The lowest BCUT2D eigenvalue weighted by molar-refractivity contribution is 0.0941. The molecule has 0 aliphatic heterocycles. The summed E-state index contributed by atoms with van der Waals surface area (Å²) in [5.74, 6) is -1.09. The van der Waals surface area contributed by atoms with Gasteiger partial charge in [0.2, 0.25) is 5.69 Å². The van der Waals surface area contributed by atoms with Gasteiger partial charge in [-0.15, -0.1) is 0 Å². The lowest BCUT2D eigenvalue weighted by atomic mass is 10.1. The van der Waals surface area contributed by atoms with Crippen molar-refractivity contribution in [2.45, 2.75) is 39.3 Å². The zero-order chi connectivity index (χ0) is 21.4. The first-order chi connectivity index (χ1) is 14.3. The van der Waals surface area contributed by atoms with E-state index < -0.39 is 23.0 Å². The molecule has 0 atom stereocenters. The predicted octanol–water partition coefficient (Wildman–Crippen LogP) is 2.09. The van der Waals surface area contributed by atoms with Crippen LogP contribution in [-0.2, 0) is 6.54 Å². The van der Waals surface area contributed by atoms with E-state index in [0.717, 1.165) is 33.2 Å². The molecule has 1 amide bonds. The van der Waals surface area contributed by atoms with Crippen molar-refractivity contribution in [2.75, 3.05) is 0 Å². The second-order valence-corrected chi connectivity index (χ2v) is 7.58. The first-order valence-electron chi connectivity index (χ1n) is 9.70. The number of nitrogens with one attached hydrogen (secondary N) is 1. The van der Waals surface area contributed by atoms with Crippen LogP contribution in [-0.4, -0.2) is 26.3 Å². The van der Waals surface area contributed by atoms with E-state index in [1.807, 2.05) is 19.9 Å². The molecule has 1 aliphatic carbocycles. The van der Waals surface area contributed by atoms with Crippen LogP contribution in [0.4, 0.5) is 4.39 Å². The van der Waals surface area contributed by atoms with Crippen LogP contribution in [0, 0.1) is 19.7 Å². The average molecular weight is 408 g/mol. The molecular weight excluding hydrogens is 387 g/mol. The van der Waals surface area contributed by atoms with Gasteiger partial charge in [0.1, 0.15) is 5.82 Å². The van der Waals surface area contributed by atoms with E-state index >= 15 is 0 Å². The third kappa shape index (κ3) is 3.94. The highest BCUT2D eigenvalue weighted by Crippen LogP contribution is 2.19. The molecule has 2 aromatic carbocycles. The van der Waals surface area contributed by atoms with E-state index in [9.17, 15) is 18.8 Å². The van der Waals surface area contributed by atoms with Crippen LogP contribution in [0.15, 0.2) is 52.1 Å². The first kappa shape index (κ1) is 19.8. The number of halogens is 1. The third-order valence-electron chi connectivity index (χ3n) is 5.15. The smallest absolute Gasteiger partial charge is 0.348 e. The van der Waals surface area contributed by atoms with Crippen LogP contribution in [0.25, 0.3) is 5.69 Å². The van der Waals surface area contributed by atoms with Crippen molar-refractivity contribution in [2.24, 2.45) is 0 Å². The lowest BCUT2D eigenvalue weighted by Gasteiger charge is -2.13. The quantitative estimate of drug-likeness (QED) is 0.701. The maximum Gasteiger partial charge on any atom is 0.352 e. The highest BCUT2D eigenvalue weighted by Gasteiger charge is 2.27. The van der Waals surface area contributed by atoms with Crippen molar-refractivity contribution in [3.05, 3.63) is 91.5 Å². The second-order valence-electron chi connectivity index (χ2n) is 7.58. The molecule has 1 saturated carbocycles. The largest absolute Gasteiger partial charge is 0.352 e.